The van der Waals surface area contributed by atoms with Crippen LogP contribution in [0.25, 0.3) is 0 Å². The van der Waals surface area contributed by atoms with Crippen molar-refractivity contribution in [3.8, 4) is 5.75 Å². The predicted octanol–water partition coefficient (Wildman–Crippen LogP) is 2.29. The summed E-state index contributed by atoms with van der Waals surface area (Å²) in [6.07, 6.45) is 0.138. The van der Waals surface area contributed by atoms with Gasteiger partial charge in [0.05, 0.1) is 18.2 Å². The van der Waals surface area contributed by atoms with Crippen molar-refractivity contribution in [2.45, 2.75) is 32.4 Å². The van der Waals surface area contributed by atoms with Gasteiger partial charge in [-0.1, -0.05) is 18.2 Å². The SMILES string of the molecule is COCC(C)(N)c1ccccc1OC(C)C. The zero-order valence-corrected chi connectivity index (χ0v) is 10.5. The molecule has 0 heterocycles. The Morgan fingerprint density at radius 2 is 1.94 bits per heavy atom. The van der Waals surface area contributed by atoms with Crippen LogP contribution in [0, 0.1) is 0 Å². The summed E-state index contributed by atoms with van der Waals surface area (Å²) in [7, 11) is 1.65. The van der Waals surface area contributed by atoms with Crippen molar-refractivity contribution in [3.05, 3.63) is 29.8 Å². The molecule has 3 nitrogen and oxygen atoms in total. The van der Waals surface area contributed by atoms with Gasteiger partial charge < -0.3 is 15.2 Å². The molecule has 0 aromatic heterocycles. The zero-order chi connectivity index (χ0) is 12.2. The smallest absolute Gasteiger partial charge is 0.124 e. The number of ether oxygens (including phenoxy) is 2. The summed E-state index contributed by atoms with van der Waals surface area (Å²) in [5.41, 5.74) is 6.67. The van der Waals surface area contributed by atoms with Crippen LogP contribution in [0.15, 0.2) is 24.3 Å². The van der Waals surface area contributed by atoms with Crippen LogP contribution in [-0.2, 0) is 10.3 Å². The van der Waals surface area contributed by atoms with Gasteiger partial charge in [-0.05, 0) is 26.8 Å². The molecule has 1 aromatic rings. The molecule has 1 unspecified atom stereocenters. The van der Waals surface area contributed by atoms with Gasteiger partial charge in [0.15, 0.2) is 0 Å². The minimum atomic E-state index is -0.528. The molecule has 1 rings (SSSR count). The van der Waals surface area contributed by atoms with E-state index in [9.17, 15) is 0 Å². The maximum absolute atomic E-state index is 6.22. The molecule has 0 amide bonds. The Kier molecular flexibility index (Phi) is 4.33. The number of rotatable bonds is 5. The van der Waals surface area contributed by atoms with Crippen LogP contribution in [-0.4, -0.2) is 19.8 Å². The van der Waals surface area contributed by atoms with Crippen LogP contribution in [0.3, 0.4) is 0 Å². The van der Waals surface area contributed by atoms with Crippen molar-refractivity contribution in [1.82, 2.24) is 0 Å². The molecule has 0 bridgehead atoms. The first-order valence-electron chi connectivity index (χ1n) is 5.51. The highest BCUT2D eigenvalue weighted by Gasteiger charge is 2.25. The van der Waals surface area contributed by atoms with Crippen LogP contribution in [0.4, 0.5) is 0 Å². The lowest BCUT2D eigenvalue weighted by Crippen LogP contribution is -2.38. The Morgan fingerprint density at radius 3 is 2.50 bits per heavy atom. The van der Waals surface area contributed by atoms with E-state index >= 15 is 0 Å². The summed E-state index contributed by atoms with van der Waals surface area (Å²) in [5, 5.41) is 0. The van der Waals surface area contributed by atoms with E-state index in [0.717, 1.165) is 11.3 Å². The van der Waals surface area contributed by atoms with Crippen molar-refractivity contribution >= 4 is 0 Å². The van der Waals surface area contributed by atoms with Crippen LogP contribution >= 0.6 is 0 Å². The Labute approximate surface area is 97.6 Å². The Morgan fingerprint density at radius 1 is 1.31 bits per heavy atom. The van der Waals surface area contributed by atoms with E-state index in [0.29, 0.717) is 6.61 Å². The third-order valence-electron chi connectivity index (χ3n) is 2.31. The van der Waals surface area contributed by atoms with E-state index in [2.05, 4.69) is 0 Å². The molecule has 1 aromatic carbocycles. The molecule has 0 aliphatic rings. The number of para-hydroxylation sites is 1. The second-order valence-corrected chi connectivity index (χ2v) is 4.51. The number of hydrogen-bond acceptors (Lipinski definition) is 3. The normalized spacial score (nSPS) is 14.9. The summed E-state index contributed by atoms with van der Waals surface area (Å²) >= 11 is 0. The van der Waals surface area contributed by atoms with E-state index in [1.54, 1.807) is 7.11 Å². The van der Waals surface area contributed by atoms with Gasteiger partial charge in [0.2, 0.25) is 0 Å². The molecule has 2 N–H and O–H groups in total. The molecule has 0 fully saturated rings. The first-order chi connectivity index (χ1) is 7.47. The van der Waals surface area contributed by atoms with Gasteiger partial charge in [-0.25, -0.2) is 0 Å². The van der Waals surface area contributed by atoms with Crippen molar-refractivity contribution < 1.29 is 9.47 Å². The molecule has 0 aliphatic heterocycles. The lowest BCUT2D eigenvalue weighted by Gasteiger charge is -2.27. The highest BCUT2D eigenvalue weighted by Crippen LogP contribution is 2.28. The maximum Gasteiger partial charge on any atom is 0.124 e. The molecule has 0 saturated heterocycles. The van der Waals surface area contributed by atoms with Crippen molar-refractivity contribution in [2.24, 2.45) is 5.73 Å². The summed E-state index contributed by atoms with van der Waals surface area (Å²) in [6.45, 7) is 6.41. The monoisotopic (exact) mass is 223 g/mol. The zero-order valence-electron chi connectivity index (χ0n) is 10.5. The number of hydrogen-bond donors (Lipinski definition) is 1. The lowest BCUT2D eigenvalue weighted by atomic mass is 9.93. The van der Waals surface area contributed by atoms with E-state index in [1.165, 1.54) is 0 Å². The van der Waals surface area contributed by atoms with E-state index in [4.69, 9.17) is 15.2 Å². The fourth-order valence-corrected chi connectivity index (χ4v) is 1.67. The van der Waals surface area contributed by atoms with Crippen molar-refractivity contribution in [1.29, 1.82) is 0 Å². The van der Waals surface area contributed by atoms with Gasteiger partial charge in [0.25, 0.3) is 0 Å². The fourth-order valence-electron chi connectivity index (χ4n) is 1.67. The van der Waals surface area contributed by atoms with Crippen molar-refractivity contribution in [2.75, 3.05) is 13.7 Å². The van der Waals surface area contributed by atoms with Gasteiger partial charge in [-0.3, -0.25) is 0 Å². The summed E-state index contributed by atoms with van der Waals surface area (Å²) in [5.74, 6) is 0.833. The summed E-state index contributed by atoms with van der Waals surface area (Å²) < 4.78 is 10.9. The Balaban J connectivity index is 3.02. The third kappa shape index (κ3) is 3.22. The average Bonchev–Trinajstić information content (AvgIpc) is 2.17. The summed E-state index contributed by atoms with van der Waals surface area (Å²) in [4.78, 5) is 0. The van der Waals surface area contributed by atoms with Crippen molar-refractivity contribution in [3.63, 3.8) is 0 Å². The topological polar surface area (TPSA) is 44.5 Å². The van der Waals surface area contributed by atoms with Gasteiger partial charge in [0, 0.05) is 12.7 Å². The maximum atomic E-state index is 6.22. The van der Waals surface area contributed by atoms with Crippen LogP contribution < -0.4 is 10.5 Å². The van der Waals surface area contributed by atoms with E-state index < -0.39 is 5.54 Å². The third-order valence-corrected chi connectivity index (χ3v) is 2.31. The second kappa shape index (κ2) is 5.32. The summed E-state index contributed by atoms with van der Waals surface area (Å²) in [6, 6.07) is 7.83. The van der Waals surface area contributed by atoms with Gasteiger partial charge in [-0.2, -0.15) is 0 Å². The highest BCUT2D eigenvalue weighted by molar-refractivity contribution is 5.38. The molecule has 90 valence electrons. The van der Waals surface area contributed by atoms with Crippen LogP contribution in [0.5, 0.6) is 5.75 Å². The quantitative estimate of drug-likeness (QED) is 0.833. The molecule has 1 atom stereocenters. The number of methoxy groups -OCH3 is 1. The molecule has 0 saturated carbocycles. The average molecular weight is 223 g/mol. The first-order valence-corrected chi connectivity index (χ1v) is 5.51. The molecule has 3 heteroatoms. The van der Waals surface area contributed by atoms with Gasteiger partial charge in [0.1, 0.15) is 5.75 Å². The van der Waals surface area contributed by atoms with Gasteiger partial charge >= 0.3 is 0 Å². The van der Waals surface area contributed by atoms with E-state index in [-0.39, 0.29) is 6.10 Å². The Bertz CT molecular complexity index is 334. The molecular weight excluding hydrogens is 202 g/mol. The molecule has 0 aliphatic carbocycles. The van der Waals surface area contributed by atoms with E-state index in [1.807, 2.05) is 45.0 Å². The molecule has 0 spiro atoms. The lowest BCUT2D eigenvalue weighted by molar-refractivity contribution is 0.137. The minimum absolute atomic E-state index is 0.138. The second-order valence-electron chi connectivity index (χ2n) is 4.51. The minimum Gasteiger partial charge on any atom is -0.491 e. The fraction of sp³-hybridized carbons (Fsp3) is 0.538. The first kappa shape index (κ1) is 13.0. The standard InChI is InChI=1S/C13H21NO2/c1-10(2)16-12-8-6-5-7-11(12)13(3,14)9-15-4/h5-8,10H,9,14H2,1-4H3. The van der Waals surface area contributed by atoms with Gasteiger partial charge in [-0.15, -0.1) is 0 Å². The largest absolute Gasteiger partial charge is 0.491 e. The molecule has 16 heavy (non-hydrogen) atoms. The predicted molar refractivity (Wildman–Crippen MR) is 65.6 cm³/mol. The van der Waals surface area contributed by atoms with Crippen LogP contribution in [0.1, 0.15) is 26.3 Å². The number of nitrogens with two attached hydrogens (primary N) is 1. The molecular formula is C13H21NO2. The number of benzene rings is 1. The molecule has 0 radical (unpaired) electrons. The highest BCUT2D eigenvalue weighted by atomic mass is 16.5. The Hall–Kier alpha value is -1.06. The van der Waals surface area contributed by atoms with Crippen LogP contribution in [0.2, 0.25) is 0 Å².